The lowest BCUT2D eigenvalue weighted by Gasteiger charge is -1.98. The highest BCUT2D eigenvalue weighted by molar-refractivity contribution is 7.10. The summed E-state index contributed by atoms with van der Waals surface area (Å²) in [6.45, 7) is 2.05. The Hall–Kier alpha value is -1.67. The van der Waals surface area contributed by atoms with Crippen LogP contribution in [0.15, 0.2) is 47.9 Å². The molecular formula is C15H14OS. The van der Waals surface area contributed by atoms with Crippen LogP contribution in [0.5, 0.6) is 0 Å². The molecule has 17 heavy (non-hydrogen) atoms. The van der Waals surface area contributed by atoms with Crippen molar-refractivity contribution in [3.63, 3.8) is 0 Å². The minimum Gasteiger partial charge on any atom is -0.294 e. The summed E-state index contributed by atoms with van der Waals surface area (Å²) in [5.41, 5.74) is 2.29. The molecular weight excluding hydrogens is 228 g/mol. The van der Waals surface area contributed by atoms with E-state index >= 15 is 0 Å². The van der Waals surface area contributed by atoms with Gasteiger partial charge in [-0.05, 0) is 35.6 Å². The van der Waals surface area contributed by atoms with E-state index in [9.17, 15) is 4.79 Å². The maximum absolute atomic E-state index is 11.7. The summed E-state index contributed by atoms with van der Waals surface area (Å²) in [6.07, 6.45) is 4.06. The monoisotopic (exact) mass is 242 g/mol. The second-order valence-electron chi connectivity index (χ2n) is 3.91. The fraction of sp³-hybridized carbons (Fsp3) is 0.133. The van der Waals surface area contributed by atoms with Gasteiger partial charge in [-0.2, -0.15) is 0 Å². The second-order valence-corrected chi connectivity index (χ2v) is 4.94. The van der Waals surface area contributed by atoms with Crippen molar-refractivity contribution in [2.75, 3.05) is 0 Å². The number of hydrogen-bond acceptors (Lipinski definition) is 2. The highest BCUT2D eigenvalue weighted by Gasteiger charge is 2.00. The third kappa shape index (κ3) is 3.40. The molecule has 2 aromatic rings. The summed E-state index contributed by atoms with van der Waals surface area (Å²) in [5, 5.41) is 1.99. The van der Waals surface area contributed by atoms with Crippen LogP contribution in [0.25, 0.3) is 6.08 Å². The van der Waals surface area contributed by atoms with E-state index in [1.165, 1.54) is 5.56 Å². The number of carbonyl (C=O) groups excluding carboxylic acids is 1. The second kappa shape index (κ2) is 5.60. The highest BCUT2D eigenvalue weighted by atomic mass is 32.1. The van der Waals surface area contributed by atoms with Crippen LogP contribution in [0.4, 0.5) is 0 Å². The van der Waals surface area contributed by atoms with Crippen molar-refractivity contribution in [2.45, 2.75) is 13.3 Å². The smallest absolute Gasteiger partial charge is 0.160 e. The van der Waals surface area contributed by atoms with Crippen LogP contribution in [0.3, 0.4) is 0 Å². The van der Waals surface area contributed by atoms with Crippen LogP contribution in [0.1, 0.15) is 16.0 Å². The molecule has 0 N–H and O–H groups in total. The van der Waals surface area contributed by atoms with Gasteiger partial charge >= 0.3 is 0 Å². The van der Waals surface area contributed by atoms with Crippen molar-refractivity contribution in [3.8, 4) is 0 Å². The number of rotatable bonds is 4. The molecule has 0 spiro atoms. The number of allylic oxidation sites excluding steroid dienone is 1. The average Bonchev–Trinajstić information content (AvgIpc) is 2.81. The first-order valence-electron chi connectivity index (χ1n) is 5.54. The number of benzene rings is 1. The number of aryl methyl sites for hydroxylation is 1. The van der Waals surface area contributed by atoms with Crippen LogP contribution in [0, 0.1) is 6.92 Å². The van der Waals surface area contributed by atoms with Gasteiger partial charge in [-0.15, -0.1) is 11.3 Å². The van der Waals surface area contributed by atoms with Gasteiger partial charge in [0.25, 0.3) is 0 Å². The Morgan fingerprint density at radius 2 is 2.06 bits per heavy atom. The zero-order chi connectivity index (χ0) is 12.1. The third-order valence-corrected chi connectivity index (χ3v) is 3.44. The van der Waals surface area contributed by atoms with Crippen LogP contribution >= 0.6 is 11.3 Å². The van der Waals surface area contributed by atoms with Gasteiger partial charge < -0.3 is 0 Å². The molecule has 1 nitrogen and oxygen atoms in total. The number of thiophene rings is 1. The van der Waals surface area contributed by atoms with Crippen molar-refractivity contribution in [1.29, 1.82) is 0 Å². The van der Waals surface area contributed by atoms with Crippen molar-refractivity contribution in [2.24, 2.45) is 0 Å². The van der Waals surface area contributed by atoms with E-state index in [1.54, 1.807) is 17.4 Å². The van der Waals surface area contributed by atoms with Crippen LogP contribution in [0.2, 0.25) is 0 Å². The van der Waals surface area contributed by atoms with E-state index in [4.69, 9.17) is 0 Å². The van der Waals surface area contributed by atoms with Crippen molar-refractivity contribution < 1.29 is 4.79 Å². The number of carbonyl (C=O) groups is 1. The standard InChI is InChI=1S/C15H14OS/c1-12-5-2-3-6-13(12)8-9-14(16)11-15-7-4-10-17-15/h2-10H,11H2,1H3. The van der Waals surface area contributed by atoms with Gasteiger partial charge in [-0.1, -0.05) is 36.4 Å². The first kappa shape index (κ1) is 11.8. The molecule has 2 rings (SSSR count). The zero-order valence-electron chi connectivity index (χ0n) is 9.72. The molecule has 0 aliphatic carbocycles. The first-order valence-corrected chi connectivity index (χ1v) is 6.42. The van der Waals surface area contributed by atoms with E-state index in [0.717, 1.165) is 10.4 Å². The molecule has 1 aromatic heterocycles. The maximum atomic E-state index is 11.7. The average molecular weight is 242 g/mol. The van der Waals surface area contributed by atoms with Gasteiger partial charge in [-0.25, -0.2) is 0 Å². The van der Waals surface area contributed by atoms with Crippen molar-refractivity contribution in [3.05, 3.63) is 63.9 Å². The fourth-order valence-corrected chi connectivity index (χ4v) is 2.31. The Balaban J connectivity index is 2.01. The quantitative estimate of drug-likeness (QED) is 0.744. The maximum Gasteiger partial charge on any atom is 0.160 e. The minimum atomic E-state index is 0.149. The third-order valence-electron chi connectivity index (χ3n) is 2.57. The highest BCUT2D eigenvalue weighted by Crippen LogP contribution is 2.12. The molecule has 1 aromatic carbocycles. The fourth-order valence-electron chi connectivity index (χ4n) is 1.60. The van der Waals surface area contributed by atoms with Gasteiger partial charge in [0.2, 0.25) is 0 Å². The minimum absolute atomic E-state index is 0.149. The summed E-state index contributed by atoms with van der Waals surface area (Å²) in [7, 11) is 0. The molecule has 0 saturated carbocycles. The van der Waals surface area contributed by atoms with Gasteiger partial charge in [0.15, 0.2) is 5.78 Å². The van der Waals surface area contributed by atoms with Gasteiger partial charge in [-0.3, -0.25) is 4.79 Å². The summed E-state index contributed by atoms with van der Waals surface area (Å²) in [6, 6.07) is 12.0. The normalized spacial score (nSPS) is 10.9. The van der Waals surface area contributed by atoms with Crippen molar-refractivity contribution in [1.82, 2.24) is 0 Å². The lowest BCUT2D eigenvalue weighted by Crippen LogP contribution is -1.95. The molecule has 0 saturated heterocycles. The molecule has 0 fully saturated rings. The Kier molecular flexibility index (Phi) is 3.89. The predicted molar refractivity (Wildman–Crippen MR) is 73.2 cm³/mol. The lowest BCUT2D eigenvalue weighted by atomic mass is 10.1. The predicted octanol–water partition coefficient (Wildman–Crippen LogP) is 3.88. The van der Waals surface area contributed by atoms with E-state index in [2.05, 4.69) is 0 Å². The molecule has 86 valence electrons. The summed E-state index contributed by atoms with van der Waals surface area (Å²) in [4.78, 5) is 12.8. The molecule has 0 radical (unpaired) electrons. The summed E-state index contributed by atoms with van der Waals surface area (Å²) < 4.78 is 0. The van der Waals surface area contributed by atoms with E-state index in [0.29, 0.717) is 6.42 Å². The van der Waals surface area contributed by atoms with E-state index in [1.807, 2.05) is 54.8 Å². The molecule has 0 aliphatic heterocycles. The van der Waals surface area contributed by atoms with E-state index < -0.39 is 0 Å². The topological polar surface area (TPSA) is 17.1 Å². The van der Waals surface area contributed by atoms with Gasteiger partial charge in [0.05, 0.1) is 0 Å². The van der Waals surface area contributed by atoms with Gasteiger partial charge in [0.1, 0.15) is 0 Å². The molecule has 0 atom stereocenters. The summed E-state index contributed by atoms with van der Waals surface area (Å²) >= 11 is 1.62. The Bertz CT molecular complexity index is 524. The molecule has 0 unspecified atom stereocenters. The van der Waals surface area contributed by atoms with Crippen molar-refractivity contribution >= 4 is 23.2 Å². The first-order chi connectivity index (χ1) is 8.25. The lowest BCUT2D eigenvalue weighted by molar-refractivity contribution is -0.113. The number of hydrogen-bond donors (Lipinski definition) is 0. The number of ketones is 1. The molecule has 1 heterocycles. The van der Waals surface area contributed by atoms with E-state index in [-0.39, 0.29) is 5.78 Å². The summed E-state index contributed by atoms with van der Waals surface area (Å²) in [5.74, 6) is 0.149. The molecule has 0 aliphatic rings. The SMILES string of the molecule is Cc1ccccc1C=CC(=O)Cc1cccs1. The Morgan fingerprint density at radius 3 is 2.76 bits per heavy atom. The Morgan fingerprint density at radius 1 is 1.24 bits per heavy atom. The largest absolute Gasteiger partial charge is 0.294 e. The van der Waals surface area contributed by atoms with Crippen LogP contribution in [-0.2, 0) is 11.2 Å². The molecule has 2 heteroatoms. The van der Waals surface area contributed by atoms with Crippen LogP contribution in [-0.4, -0.2) is 5.78 Å². The van der Waals surface area contributed by atoms with Crippen LogP contribution < -0.4 is 0 Å². The molecule has 0 bridgehead atoms. The van der Waals surface area contributed by atoms with Gasteiger partial charge in [0, 0.05) is 11.3 Å². The molecule has 0 amide bonds. The zero-order valence-corrected chi connectivity index (χ0v) is 10.5. The Labute approximate surface area is 105 Å².